The number of hydrogen-bond donors (Lipinski definition) is 1. The van der Waals surface area contributed by atoms with Crippen LogP contribution in [0.3, 0.4) is 0 Å². The Morgan fingerprint density at radius 1 is 1.39 bits per heavy atom. The van der Waals surface area contributed by atoms with E-state index in [9.17, 15) is 17.6 Å². The molecule has 0 unspecified atom stereocenters. The second-order valence-electron chi connectivity index (χ2n) is 7.01. The van der Waals surface area contributed by atoms with Crippen LogP contribution in [-0.2, 0) is 14.6 Å². The van der Waals surface area contributed by atoms with Crippen LogP contribution in [0, 0.1) is 5.82 Å². The molecule has 9 heteroatoms. The number of thioether (sulfide) groups is 1. The molecule has 1 amide bonds. The lowest BCUT2D eigenvalue weighted by atomic mass is 10.1. The van der Waals surface area contributed by atoms with Crippen LogP contribution in [0.15, 0.2) is 35.6 Å². The lowest BCUT2D eigenvalue weighted by molar-refractivity contribution is -0.132. The summed E-state index contributed by atoms with van der Waals surface area (Å²) in [6.07, 6.45) is 2.91. The Bertz CT molecular complexity index is 928. The van der Waals surface area contributed by atoms with Gasteiger partial charge in [0.1, 0.15) is 5.82 Å². The molecule has 1 aromatic heterocycles. The number of hydrogen-bond acceptors (Lipinski definition) is 5. The molecule has 1 aliphatic rings. The summed E-state index contributed by atoms with van der Waals surface area (Å²) in [5, 5.41) is 0.593. The zero-order valence-electron chi connectivity index (χ0n) is 15.9. The number of aromatic nitrogens is 2. The van der Waals surface area contributed by atoms with Gasteiger partial charge in [0, 0.05) is 12.1 Å². The smallest absolute Gasteiger partial charge is 0.233 e. The molecular weight excluding hydrogens is 401 g/mol. The maximum absolute atomic E-state index is 13.1. The predicted octanol–water partition coefficient (Wildman–Crippen LogP) is 3.12. The normalized spacial score (nSPS) is 19.5. The van der Waals surface area contributed by atoms with E-state index in [0.29, 0.717) is 11.6 Å². The van der Waals surface area contributed by atoms with Crippen LogP contribution in [-0.4, -0.2) is 58.5 Å². The highest BCUT2D eigenvalue weighted by Gasteiger charge is 2.36. The molecule has 1 N–H and O–H groups in total. The number of nitrogens with one attached hydrogen (secondary N) is 1. The van der Waals surface area contributed by atoms with Crippen LogP contribution in [0.5, 0.6) is 0 Å². The molecule has 1 saturated heterocycles. The standard InChI is InChI=1S/C19H24FN3O3S2/c1-3-13(2)23(16-8-9-28(25,26)12-16)18(24)11-27-19-21-10-17(22-19)14-4-6-15(20)7-5-14/h4-7,10,13,16H,3,8-9,11-12H2,1-2H3,(H,21,22)/t13-,16-/m1/s1. The minimum Gasteiger partial charge on any atom is -0.335 e. The summed E-state index contributed by atoms with van der Waals surface area (Å²) in [6.45, 7) is 3.94. The molecule has 2 aromatic rings. The summed E-state index contributed by atoms with van der Waals surface area (Å²) in [5.74, 6) is -0.0197. The van der Waals surface area contributed by atoms with Crippen molar-refractivity contribution in [3.8, 4) is 11.3 Å². The Morgan fingerprint density at radius 3 is 2.71 bits per heavy atom. The van der Waals surface area contributed by atoms with Gasteiger partial charge in [-0.2, -0.15) is 0 Å². The number of benzene rings is 1. The monoisotopic (exact) mass is 425 g/mol. The highest BCUT2D eigenvalue weighted by atomic mass is 32.2. The van der Waals surface area contributed by atoms with Gasteiger partial charge in [0.2, 0.25) is 5.91 Å². The van der Waals surface area contributed by atoms with Crippen molar-refractivity contribution in [1.82, 2.24) is 14.9 Å². The van der Waals surface area contributed by atoms with Crippen LogP contribution in [0.4, 0.5) is 4.39 Å². The van der Waals surface area contributed by atoms with E-state index in [1.165, 1.54) is 23.9 Å². The Labute approximate surface area is 168 Å². The molecule has 3 rings (SSSR count). The molecule has 0 aliphatic carbocycles. The molecule has 1 aliphatic heterocycles. The van der Waals surface area contributed by atoms with Gasteiger partial charge in [-0.25, -0.2) is 17.8 Å². The number of imidazole rings is 1. The van der Waals surface area contributed by atoms with Crippen LogP contribution < -0.4 is 0 Å². The van der Waals surface area contributed by atoms with Crippen molar-refractivity contribution in [1.29, 1.82) is 0 Å². The molecule has 6 nitrogen and oxygen atoms in total. The molecule has 2 atom stereocenters. The Balaban J connectivity index is 1.65. The highest BCUT2D eigenvalue weighted by molar-refractivity contribution is 7.99. The Morgan fingerprint density at radius 2 is 2.11 bits per heavy atom. The van der Waals surface area contributed by atoms with E-state index in [4.69, 9.17) is 0 Å². The third-order valence-electron chi connectivity index (χ3n) is 5.00. The number of carbonyl (C=O) groups excluding carboxylic acids is 1. The molecule has 1 aromatic carbocycles. The van der Waals surface area contributed by atoms with Gasteiger partial charge in [0.15, 0.2) is 15.0 Å². The molecule has 0 saturated carbocycles. The molecule has 1 fully saturated rings. The van der Waals surface area contributed by atoms with E-state index in [1.54, 1.807) is 23.2 Å². The first kappa shape index (κ1) is 20.9. The largest absolute Gasteiger partial charge is 0.335 e. The molecule has 0 radical (unpaired) electrons. The lowest BCUT2D eigenvalue weighted by Crippen LogP contribution is -2.47. The number of nitrogens with zero attached hydrogens (tertiary/aromatic N) is 2. The van der Waals surface area contributed by atoms with Gasteiger partial charge in [-0.05, 0) is 49.6 Å². The SMILES string of the molecule is CC[C@@H](C)N(C(=O)CSc1ncc(-c2ccc(F)cc2)[nH]1)[C@@H]1CCS(=O)(=O)C1. The summed E-state index contributed by atoms with van der Waals surface area (Å²) in [5.41, 5.74) is 1.56. The van der Waals surface area contributed by atoms with Crippen molar-refractivity contribution < 1.29 is 17.6 Å². The Hall–Kier alpha value is -1.87. The molecular formula is C19H24FN3O3S2. The van der Waals surface area contributed by atoms with Gasteiger partial charge in [-0.3, -0.25) is 4.79 Å². The number of carbonyl (C=O) groups is 1. The second-order valence-corrected chi connectivity index (χ2v) is 10.2. The van der Waals surface area contributed by atoms with Crippen LogP contribution in [0.2, 0.25) is 0 Å². The molecule has 0 bridgehead atoms. The summed E-state index contributed by atoms with van der Waals surface area (Å²) < 4.78 is 36.7. The number of sulfone groups is 1. The van der Waals surface area contributed by atoms with Crippen molar-refractivity contribution >= 4 is 27.5 Å². The quantitative estimate of drug-likeness (QED) is 0.689. The summed E-state index contributed by atoms with van der Waals surface area (Å²) >= 11 is 1.28. The lowest BCUT2D eigenvalue weighted by Gasteiger charge is -2.33. The first-order chi connectivity index (χ1) is 13.3. The summed E-state index contributed by atoms with van der Waals surface area (Å²) in [7, 11) is -3.06. The van der Waals surface area contributed by atoms with E-state index < -0.39 is 9.84 Å². The average molecular weight is 426 g/mol. The van der Waals surface area contributed by atoms with E-state index in [2.05, 4.69) is 9.97 Å². The fraction of sp³-hybridized carbons (Fsp3) is 0.474. The van der Waals surface area contributed by atoms with Gasteiger partial charge >= 0.3 is 0 Å². The first-order valence-corrected chi connectivity index (χ1v) is 12.0. The van der Waals surface area contributed by atoms with E-state index in [-0.39, 0.29) is 41.1 Å². The molecule has 0 spiro atoms. The van der Waals surface area contributed by atoms with Gasteiger partial charge in [0.25, 0.3) is 0 Å². The topological polar surface area (TPSA) is 83.1 Å². The average Bonchev–Trinajstić information content (AvgIpc) is 3.27. The molecule has 28 heavy (non-hydrogen) atoms. The summed E-state index contributed by atoms with van der Waals surface area (Å²) in [4.78, 5) is 22.0. The van der Waals surface area contributed by atoms with E-state index in [1.807, 2.05) is 13.8 Å². The maximum atomic E-state index is 13.1. The number of halogens is 1. The zero-order chi connectivity index (χ0) is 20.3. The van der Waals surface area contributed by atoms with E-state index in [0.717, 1.165) is 17.7 Å². The fourth-order valence-electron chi connectivity index (χ4n) is 3.36. The van der Waals surface area contributed by atoms with Crippen molar-refractivity contribution in [3.63, 3.8) is 0 Å². The number of aromatic amines is 1. The van der Waals surface area contributed by atoms with Gasteiger partial charge in [-0.1, -0.05) is 18.7 Å². The number of rotatable bonds is 7. The van der Waals surface area contributed by atoms with Crippen molar-refractivity contribution in [2.75, 3.05) is 17.3 Å². The van der Waals surface area contributed by atoms with Crippen LogP contribution >= 0.6 is 11.8 Å². The van der Waals surface area contributed by atoms with Crippen LogP contribution in [0.1, 0.15) is 26.7 Å². The van der Waals surface area contributed by atoms with E-state index >= 15 is 0 Å². The predicted molar refractivity (Wildman–Crippen MR) is 108 cm³/mol. The number of amides is 1. The van der Waals surface area contributed by atoms with Gasteiger partial charge < -0.3 is 9.88 Å². The van der Waals surface area contributed by atoms with Crippen LogP contribution in [0.25, 0.3) is 11.3 Å². The fourth-order valence-corrected chi connectivity index (χ4v) is 5.79. The molecule has 2 heterocycles. The maximum Gasteiger partial charge on any atom is 0.233 e. The third-order valence-corrected chi connectivity index (χ3v) is 7.62. The third kappa shape index (κ3) is 4.94. The van der Waals surface area contributed by atoms with Gasteiger partial charge in [-0.15, -0.1) is 0 Å². The van der Waals surface area contributed by atoms with Gasteiger partial charge in [0.05, 0.1) is 29.1 Å². The second kappa shape index (κ2) is 8.65. The summed E-state index contributed by atoms with van der Waals surface area (Å²) in [6, 6.07) is 5.82. The Kier molecular flexibility index (Phi) is 6.44. The first-order valence-electron chi connectivity index (χ1n) is 9.24. The zero-order valence-corrected chi connectivity index (χ0v) is 17.5. The van der Waals surface area contributed by atoms with Crippen molar-refractivity contribution in [2.45, 2.75) is 43.9 Å². The van der Waals surface area contributed by atoms with Crippen molar-refractivity contribution in [2.24, 2.45) is 0 Å². The number of H-pyrrole nitrogens is 1. The minimum atomic E-state index is -3.06. The molecule has 152 valence electrons. The highest BCUT2D eigenvalue weighted by Crippen LogP contribution is 2.25. The minimum absolute atomic E-state index is 0.0159. The van der Waals surface area contributed by atoms with Crippen molar-refractivity contribution in [3.05, 3.63) is 36.3 Å².